The Kier molecular flexibility index (Phi) is 5.53. The van der Waals surface area contributed by atoms with Gasteiger partial charge in [-0.3, -0.25) is 9.59 Å². The molecule has 2 saturated heterocycles. The fourth-order valence-corrected chi connectivity index (χ4v) is 4.16. The van der Waals surface area contributed by atoms with E-state index in [1.54, 1.807) is 16.9 Å². The first-order valence-electron chi connectivity index (χ1n) is 9.22. The van der Waals surface area contributed by atoms with Crippen molar-refractivity contribution in [3.05, 3.63) is 23.5 Å². The van der Waals surface area contributed by atoms with Gasteiger partial charge in [-0.2, -0.15) is 0 Å². The van der Waals surface area contributed by atoms with Gasteiger partial charge in [-0.1, -0.05) is 11.8 Å². The highest BCUT2D eigenvalue weighted by Crippen LogP contribution is 2.20. The fraction of sp³-hybridized carbons (Fsp3) is 0.588. The quantitative estimate of drug-likeness (QED) is 0.562. The van der Waals surface area contributed by atoms with E-state index in [1.807, 2.05) is 4.90 Å². The molecule has 0 bridgehead atoms. The number of hydrogen-bond acceptors (Lipinski definition) is 7. The lowest BCUT2D eigenvalue weighted by Crippen LogP contribution is -2.27. The summed E-state index contributed by atoms with van der Waals surface area (Å²) in [5, 5.41) is 12.3. The van der Waals surface area contributed by atoms with Crippen LogP contribution in [-0.2, 0) is 11.3 Å². The number of ketones is 1. The van der Waals surface area contributed by atoms with E-state index in [4.69, 9.17) is 4.74 Å². The Morgan fingerprint density at radius 1 is 1.30 bits per heavy atom. The van der Waals surface area contributed by atoms with Crippen LogP contribution in [-0.4, -0.2) is 73.3 Å². The van der Waals surface area contributed by atoms with Crippen LogP contribution >= 0.6 is 11.8 Å². The van der Waals surface area contributed by atoms with Crippen LogP contribution in [0.2, 0.25) is 0 Å². The normalized spacial score (nSPS) is 19.7. The number of H-pyrrole nitrogens is 1. The van der Waals surface area contributed by atoms with Crippen LogP contribution in [0, 0.1) is 0 Å². The summed E-state index contributed by atoms with van der Waals surface area (Å²) in [5.74, 6) is 0.101. The number of aromatic amines is 1. The van der Waals surface area contributed by atoms with Gasteiger partial charge in [-0.15, -0.1) is 5.10 Å². The molecule has 0 unspecified atom stereocenters. The molecule has 2 aromatic rings. The number of hydrogen-bond donors (Lipinski definition) is 1. The molecule has 10 heteroatoms. The molecule has 0 aliphatic carbocycles. The minimum Gasteiger partial charge on any atom is -0.376 e. The van der Waals surface area contributed by atoms with E-state index in [9.17, 15) is 9.59 Å². The van der Waals surface area contributed by atoms with Gasteiger partial charge in [0.05, 0.1) is 18.4 Å². The number of aromatic nitrogens is 5. The molecular weight excluding hydrogens is 368 g/mol. The molecule has 0 radical (unpaired) electrons. The maximum Gasteiger partial charge on any atom is 0.270 e. The monoisotopic (exact) mass is 390 g/mol. The number of Topliss-reactive ketones (excluding diaryl/α,β-unsaturated/α-hetero) is 1. The van der Waals surface area contributed by atoms with E-state index in [0.29, 0.717) is 23.0 Å². The zero-order valence-corrected chi connectivity index (χ0v) is 15.8. The first kappa shape index (κ1) is 18.2. The number of carbonyl (C=O) groups excluding carboxylic acids is 2. The SMILES string of the molecule is O=C(CSc1nnnn1C[C@H]1CCCO1)c1c[nH]c(C(=O)N2CCCC2)c1. The molecular formula is C17H22N6O3S. The Balaban J connectivity index is 1.33. The van der Waals surface area contributed by atoms with Crippen LogP contribution in [0.15, 0.2) is 17.4 Å². The maximum absolute atomic E-state index is 12.5. The van der Waals surface area contributed by atoms with Gasteiger partial charge in [0.25, 0.3) is 5.91 Å². The third-order valence-electron chi connectivity index (χ3n) is 4.86. The third kappa shape index (κ3) is 4.22. The van der Waals surface area contributed by atoms with Gasteiger partial charge < -0.3 is 14.6 Å². The van der Waals surface area contributed by atoms with Gasteiger partial charge in [0, 0.05) is 31.5 Å². The molecule has 9 nitrogen and oxygen atoms in total. The largest absolute Gasteiger partial charge is 0.376 e. The van der Waals surface area contributed by atoms with E-state index in [-0.39, 0.29) is 23.5 Å². The second-order valence-corrected chi connectivity index (χ2v) is 7.73. The molecule has 2 fully saturated rings. The molecule has 1 atom stereocenters. The highest BCUT2D eigenvalue weighted by atomic mass is 32.2. The van der Waals surface area contributed by atoms with Gasteiger partial charge in [0.1, 0.15) is 5.69 Å². The molecule has 4 rings (SSSR count). The van der Waals surface area contributed by atoms with Crippen LogP contribution < -0.4 is 0 Å². The first-order chi connectivity index (χ1) is 13.2. The van der Waals surface area contributed by atoms with Crippen LogP contribution in [0.4, 0.5) is 0 Å². The van der Waals surface area contributed by atoms with Crippen molar-refractivity contribution in [3.63, 3.8) is 0 Å². The van der Waals surface area contributed by atoms with Crippen molar-refractivity contribution < 1.29 is 14.3 Å². The molecule has 0 saturated carbocycles. The third-order valence-corrected chi connectivity index (χ3v) is 5.82. The Morgan fingerprint density at radius 2 is 2.15 bits per heavy atom. The summed E-state index contributed by atoms with van der Waals surface area (Å²) in [4.78, 5) is 29.6. The smallest absolute Gasteiger partial charge is 0.270 e. The number of ether oxygens (including phenoxy) is 1. The van der Waals surface area contributed by atoms with Crippen LogP contribution in [0.25, 0.3) is 0 Å². The van der Waals surface area contributed by atoms with E-state index < -0.39 is 0 Å². The summed E-state index contributed by atoms with van der Waals surface area (Å²) in [7, 11) is 0. The molecule has 144 valence electrons. The van der Waals surface area contributed by atoms with Gasteiger partial charge in [0.15, 0.2) is 5.78 Å². The number of rotatable bonds is 7. The number of likely N-dealkylation sites (tertiary alicyclic amines) is 1. The van der Waals surface area contributed by atoms with E-state index in [2.05, 4.69) is 20.5 Å². The standard InChI is InChI=1S/C17H22N6O3S/c24-15(12-8-14(18-9-12)16(25)22-5-1-2-6-22)11-27-17-19-20-21-23(17)10-13-4-3-7-26-13/h8-9,13,18H,1-7,10-11H2/t13-/m1/s1. The Hall–Kier alpha value is -2.20. The Morgan fingerprint density at radius 3 is 2.93 bits per heavy atom. The summed E-state index contributed by atoms with van der Waals surface area (Å²) in [5.41, 5.74) is 0.969. The van der Waals surface area contributed by atoms with Crippen LogP contribution in [0.3, 0.4) is 0 Å². The summed E-state index contributed by atoms with van der Waals surface area (Å²) in [6.45, 7) is 2.94. The average Bonchev–Trinajstić information content (AvgIpc) is 3.48. The number of thioether (sulfide) groups is 1. The lowest BCUT2D eigenvalue weighted by Gasteiger charge is -2.13. The zero-order chi connectivity index (χ0) is 18.6. The van der Waals surface area contributed by atoms with Gasteiger partial charge >= 0.3 is 0 Å². The number of amides is 1. The molecule has 2 aromatic heterocycles. The predicted octanol–water partition coefficient (Wildman–Crippen LogP) is 1.39. The van der Waals surface area contributed by atoms with Crippen molar-refractivity contribution >= 4 is 23.5 Å². The molecule has 0 spiro atoms. The second kappa shape index (κ2) is 8.22. The highest BCUT2D eigenvalue weighted by molar-refractivity contribution is 7.99. The van der Waals surface area contributed by atoms with Gasteiger partial charge in [-0.05, 0) is 42.2 Å². The summed E-state index contributed by atoms with van der Waals surface area (Å²) < 4.78 is 7.30. The van der Waals surface area contributed by atoms with Crippen LogP contribution in [0.1, 0.15) is 46.5 Å². The number of carbonyl (C=O) groups is 2. The van der Waals surface area contributed by atoms with E-state index in [1.165, 1.54) is 11.8 Å². The van der Waals surface area contributed by atoms with Crippen LogP contribution in [0.5, 0.6) is 0 Å². The molecule has 27 heavy (non-hydrogen) atoms. The van der Waals surface area contributed by atoms with Crippen molar-refractivity contribution in [2.45, 2.75) is 43.5 Å². The minimum absolute atomic E-state index is 0.0419. The number of nitrogens with one attached hydrogen (secondary N) is 1. The predicted molar refractivity (Wildman–Crippen MR) is 97.8 cm³/mol. The van der Waals surface area contributed by atoms with Crippen molar-refractivity contribution in [2.75, 3.05) is 25.4 Å². The first-order valence-corrected chi connectivity index (χ1v) is 10.2. The van der Waals surface area contributed by atoms with E-state index in [0.717, 1.165) is 45.4 Å². The van der Waals surface area contributed by atoms with Crippen molar-refractivity contribution in [1.29, 1.82) is 0 Å². The summed E-state index contributed by atoms with van der Waals surface area (Å²) in [6.07, 6.45) is 5.86. The lowest BCUT2D eigenvalue weighted by atomic mass is 10.2. The topological polar surface area (TPSA) is 106 Å². The Labute approximate surface area is 160 Å². The van der Waals surface area contributed by atoms with Gasteiger partial charge in [0.2, 0.25) is 5.16 Å². The number of nitrogens with zero attached hydrogens (tertiary/aromatic N) is 5. The minimum atomic E-state index is -0.0663. The molecule has 1 amide bonds. The van der Waals surface area contributed by atoms with Crippen molar-refractivity contribution in [3.8, 4) is 0 Å². The van der Waals surface area contributed by atoms with Crippen molar-refractivity contribution in [2.24, 2.45) is 0 Å². The average molecular weight is 390 g/mol. The second-order valence-electron chi connectivity index (χ2n) is 6.79. The highest BCUT2D eigenvalue weighted by Gasteiger charge is 2.23. The fourth-order valence-electron chi connectivity index (χ4n) is 3.38. The molecule has 4 heterocycles. The van der Waals surface area contributed by atoms with E-state index >= 15 is 0 Å². The molecule has 0 aromatic carbocycles. The Bertz CT molecular complexity index is 807. The number of tetrazole rings is 1. The zero-order valence-electron chi connectivity index (χ0n) is 15.0. The molecule has 2 aliphatic heterocycles. The van der Waals surface area contributed by atoms with Crippen molar-refractivity contribution in [1.82, 2.24) is 30.1 Å². The summed E-state index contributed by atoms with van der Waals surface area (Å²) >= 11 is 1.30. The maximum atomic E-state index is 12.5. The lowest BCUT2D eigenvalue weighted by molar-refractivity contribution is 0.0787. The molecule has 2 aliphatic rings. The van der Waals surface area contributed by atoms with Gasteiger partial charge in [-0.25, -0.2) is 4.68 Å². The molecule has 1 N–H and O–H groups in total. The summed E-state index contributed by atoms with van der Waals surface area (Å²) in [6, 6.07) is 1.64.